The predicted molar refractivity (Wildman–Crippen MR) is 118 cm³/mol. The molecule has 3 aromatic carbocycles. The lowest BCUT2D eigenvalue weighted by Crippen LogP contribution is -2.22. The Hall–Kier alpha value is -2.69. The first-order valence-corrected chi connectivity index (χ1v) is 10.1. The summed E-state index contributed by atoms with van der Waals surface area (Å²) < 4.78 is 0. The Morgan fingerprint density at radius 3 is 1.85 bits per heavy atom. The molecule has 3 rings (SSSR count). The fraction of sp³-hybridized carbons (Fsp3) is 0.0400. The van der Waals surface area contributed by atoms with Gasteiger partial charge in [-0.05, 0) is 41.9 Å². The largest absolute Gasteiger partial charge is 0.0990 e. The molecule has 0 aliphatic rings. The highest BCUT2D eigenvalue weighted by molar-refractivity contribution is 7.80. The summed E-state index contributed by atoms with van der Waals surface area (Å²) in [6, 6.07) is 30.4. The van der Waals surface area contributed by atoms with Crippen LogP contribution in [0.25, 0.3) is 5.57 Å². The molecule has 0 unspecified atom stereocenters. The molecule has 0 bridgehead atoms. The monoisotopic (exact) mass is 354 g/mol. The van der Waals surface area contributed by atoms with E-state index < -0.39 is 7.92 Å². The number of hydrogen-bond acceptors (Lipinski definition) is 0. The van der Waals surface area contributed by atoms with E-state index in [1.807, 2.05) is 6.08 Å². The Morgan fingerprint density at radius 1 is 0.769 bits per heavy atom. The minimum Gasteiger partial charge on any atom is -0.0990 e. The molecule has 26 heavy (non-hydrogen) atoms. The lowest BCUT2D eigenvalue weighted by atomic mass is 10.1. The molecule has 1 heteroatoms. The summed E-state index contributed by atoms with van der Waals surface area (Å²) in [6.45, 7) is 5.95. The Kier molecular flexibility index (Phi) is 6.36. The average molecular weight is 354 g/mol. The Morgan fingerprint density at radius 2 is 1.31 bits per heavy atom. The van der Waals surface area contributed by atoms with Crippen molar-refractivity contribution in [2.24, 2.45) is 0 Å². The van der Waals surface area contributed by atoms with Gasteiger partial charge in [-0.15, -0.1) is 0 Å². The lowest BCUT2D eigenvalue weighted by Gasteiger charge is -2.22. The highest BCUT2D eigenvalue weighted by Crippen LogP contribution is 2.35. The molecule has 0 heterocycles. The van der Waals surface area contributed by atoms with E-state index >= 15 is 0 Å². The molecule has 0 N–H and O–H groups in total. The van der Waals surface area contributed by atoms with Crippen LogP contribution in [0.2, 0.25) is 0 Å². The van der Waals surface area contributed by atoms with Crippen molar-refractivity contribution in [2.45, 2.75) is 6.92 Å². The van der Waals surface area contributed by atoms with Gasteiger partial charge in [0.2, 0.25) is 0 Å². The predicted octanol–water partition coefficient (Wildman–Crippen LogP) is 5.59. The maximum atomic E-state index is 3.89. The SMILES string of the molecule is C=C/C=C(\C=C/C)c1ccccc1P(c1ccccc1)c1ccccc1. The van der Waals surface area contributed by atoms with E-state index in [1.165, 1.54) is 27.1 Å². The average Bonchev–Trinajstić information content (AvgIpc) is 2.70. The summed E-state index contributed by atoms with van der Waals surface area (Å²) in [7, 11) is -0.630. The van der Waals surface area contributed by atoms with Gasteiger partial charge in [0.25, 0.3) is 0 Å². The van der Waals surface area contributed by atoms with Crippen LogP contribution >= 0.6 is 7.92 Å². The van der Waals surface area contributed by atoms with Gasteiger partial charge >= 0.3 is 0 Å². The first-order chi connectivity index (χ1) is 12.8. The molecule has 128 valence electrons. The first kappa shape index (κ1) is 18.1. The number of benzene rings is 3. The van der Waals surface area contributed by atoms with Gasteiger partial charge in [-0.2, -0.15) is 0 Å². The van der Waals surface area contributed by atoms with Crippen molar-refractivity contribution in [1.29, 1.82) is 0 Å². The first-order valence-electron chi connectivity index (χ1n) is 8.80. The highest BCUT2D eigenvalue weighted by atomic mass is 31.1. The summed E-state index contributed by atoms with van der Waals surface area (Å²) >= 11 is 0. The molecule has 0 atom stereocenters. The standard InChI is InChI=1S/C25H23P/c1-3-13-21(14-4-2)24-19-11-12-20-25(24)26(22-15-7-5-8-16-22)23-17-9-6-10-18-23/h3-20H,1H2,2H3/b14-4-,21-13+. The molecule has 0 spiro atoms. The van der Waals surface area contributed by atoms with Crippen LogP contribution in [0.15, 0.2) is 116 Å². The number of hydrogen-bond donors (Lipinski definition) is 0. The molecule has 0 radical (unpaired) electrons. The third-order valence-corrected chi connectivity index (χ3v) is 6.63. The van der Waals surface area contributed by atoms with E-state index in [1.54, 1.807) is 0 Å². The van der Waals surface area contributed by atoms with Crippen LogP contribution in [0.5, 0.6) is 0 Å². The van der Waals surface area contributed by atoms with Gasteiger partial charge in [0.05, 0.1) is 0 Å². The second kappa shape index (κ2) is 9.13. The van der Waals surface area contributed by atoms with Crippen molar-refractivity contribution < 1.29 is 0 Å². The molecule has 0 aliphatic heterocycles. The van der Waals surface area contributed by atoms with Crippen LogP contribution in [0, 0.1) is 0 Å². The van der Waals surface area contributed by atoms with Crippen molar-refractivity contribution in [3.63, 3.8) is 0 Å². The Balaban J connectivity index is 2.23. The van der Waals surface area contributed by atoms with Gasteiger partial charge in [0.1, 0.15) is 0 Å². The maximum absolute atomic E-state index is 3.89. The van der Waals surface area contributed by atoms with Crippen LogP contribution in [-0.2, 0) is 0 Å². The van der Waals surface area contributed by atoms with Crippen LogP contribution in [-0.4, -0.2) is 0 Å². The van der Waals surface area contributed by atoms with E-state index in [4.69, 9.17) is 0 Å². The maximum Gasteiger partial charge on any atom is -0.00726 e. The molecule has 0 fully saturated rings. The molecular weight excluding hydrogens is 331 g/mol. The second-order valence-corrected chi connectivity index (χ2v) is 8.07. The van der Waals surface area contributed by atoms with Crippen molar-refractivity contribution >= 4 is 29.4 Å². The van der Waals surface area contributed by atoms with Crippen LogP contribution in [0.4, 0.5) is 0 Å². The van der Waals surface area contributed by atoms with E-state index in [2.05, 4.69) is 117 Å². The fourth-order valence-corrected chi connectivity index (χ4v) is 5.51. The molecule has 0 nitrogen and oxygen atoms in total. The van der Waals surface area contributed by atoms with Crippen LogP contribution in [0.1, 0.15) is 12.5 Å². The molecule has 3 aromatic rings. The summed E-state index contributed by atoms with van der Waals surface area (Å²) in [6.07, 6.45) is 8.19. The normalized spacial score (nSPS) is 11.8. The van der Waals surface area contributed by atoms with Crippen molar-refractivity contribution in [2.75, 3.05) is 0 Å². The molecule has 0 aliphatic carbocycles. The number of allylic oxidation sites excluding steroid dienone is 5. The minimum absolute atomic E-state index is 0.630. The summed E-state index contributed by atoms with van der Waals surface area (Å²) in [4.78, 5) is 0. The van der Waals surface area contributed by atoms with Crippen molar-refractivity contribution in [1.82, 2.24) is 0 Å². The molecule has 0 saturated carbocycles. The molecular formula is C25H23P. The number of rotatable bonds is 6. The van der Waals surface area contributed by atoms with Gasteiger partial charge in [0, 0.05) is 0 Å². The van der Waals surface area contributed by atoms with Crippen molar-refractivity contribution in [3.8, 4) is 0 Å². The van der Waals surface area contributed by atoms with E-state index in [-0.39, 0.29) is 0 Å². The lowest BCUT2D eigenvalue weighted by molar-refractivity contribution is 1.64. The Bertz CT molecular complexity index is 866. The zero-order chi connectivity index (χ0) is 18.2. The Labute approximate surface area is 158 Å². The summed E-state index contributed by atoms with van der Waals surface area (Å²) in [5, 5.41) is 4.09. The van der Waals surface area contributed by atoms with Gasteiger partial charge < -0.3 is 0 Å². The molecule has 0 aromatic heterocycles. The van der Waals surface area contributed by atoms with E-state index in [0.717, 1.165) is 0 Å². The van der Waals surface area contributed by atoms with Crippen molar-refractivity contribution in [3.05, 3.63) is 121 Å². The van der Waals surface area contributed by atoms with E-state index in [9.17, 15) is 0 Å². The second-order valence-electron chi connectivity index (χ2n) is 5.88. The van der Waals surface area contributed by atoms with Gasteiger partial charge in [-0.25, -0.2) is 0 Å². The minimum atomic E-state index is -0.630. The van der Waals surface area contributed by atoms with Crippen LogP contribution < -0.4 is 15.9 Å². The van der Waals surface area contributed by atoms with Crippen LogP contribution in [0.3, 0.4) is 0 Å². The topological polar surface area (TPSA) is 0 Å². The van der Waals surface area contributed by atoms with Gasteiger partial charge in [0.15, 0.2) is 0 Å². The van der Waals surface area contributed by atoms with Gasteiger partial charge in [-0.3, -0.25) is 0 Å². The van der Waals surface area contributed by atoms with E-state index in [0.29, 0.717) is 0 Å². The quantitative estimate of drug-likeness (QED) is 0.400. The summed E-state index contributed by atoms with van der Waals surface area (Å²) in [5.41, 5.74) is 2.46. The molecule has 0 saturated heterocycles. The van der Waals surface area contributed by atoms with Gasteiger partial charge in [-0.1, -0.05) is 116 Å². The third kappa shape index (κ3) is 4.10. The zero-order valence-electron chi connectivity index (χ0n) is 15.0. The third-order valence-electron chi connectivity index (χ3n) is 4.13. The highest BCUT2D eigenvalue weighted by Gasteiger charge is 2.19. The fourth-order valence-electron chi connectivity index (χ4n) is 3.04. The smallest absolute Gasteiger partial charge is 0.00726 e. The zero-order valence-corrected chi connectivity index (χ0v) is 15.9. The summed E-state index contributed by atoms with van der Waals surface area (Å²) in [5.74, 6) is 0. The molecule has 0 amide bonds.